The van der Waals surface area contributed by atoms with Gasteiger partial charge in [0.25, 0.3) is 0 Å². The molecule has 0 spiro atoms. The van der Waals surface area contributed by atoms with Crippen LogP contribution in [0.25, 0.3) is 0 Å². The molecule has 0 aromatic carbocycles. The summed E-state index contributed by atoms with van der Waals surface area (Å²) in [5.74, 6) is -1.08. The number of aliphatic carboxylic acids is 1. The second-order valence-electron chi connectivity index (χ2n) is 0.715. The largest absolute Gasteiger partial charge is 2.00 e. The summed E-state index contributed by atoms with van der Waals surface area (Å²) >= 11 is 0. The van der Waals surface area contributed by atoms with Crippen molar-refractivity contribution in [3.05, 3.63) is 15.3 Å². The van der Waals surface area contributed by atoms with Crippen molar-refractivity contribution in [3.63, 3.8) is 0 Å². The SMILES string of the molecule is CC(=O)[O-].O=[N+]([O-])[O-].[Mn+2].[Mn+2]. The summed E-state index contributed by atoms with van der Waals surface area (Å²) < 4.78 is 0. The minimum absolute atomic E-state index is 0. The Kier molecular flexibility index (Phi) is 35.9. The van der Waals surface area contributed by atoms with Crippen LogP contribution in [0.5, 0.6) is 0 Å². The van der Waals surface area contributed by atoms with Gasteiger partial charge in [-0.05, 0) is 6.92 Å². The normalized spacial score (nSPS) is 4.90. The summed E-state index contributed by atoms with van der Waals surface area (Å²) in [6.07, 6.45) is 0. The molecule has 0 atom stereocenters. The van der Waals surface area contributed by atoms with E-state index in [1.54, 1.807) is 0 Å². The molecule has 0 saturated carbocycles. The summed E-state index contributed by atoms with van der Waals surface area (Å²) in [4.78, 5) is 17.1. The van der Waals surface area contributed by atoms with Crippen molar-refractivity contribution in [3.8, 4) is 0 Å². The van der Waals surface area contributed by atoms with Gasteiger partial charge in [0.05, 0.1) is 5.09 Å². The Bertz CT molecular complexity index is 75.6. The molecular formula is C2H3Mn2NO5+2. The fraction of sp³-hybridized carbons (Fsp3) is 0.500. The van der Waals surface area contributed by atoms with E-state index in [1.165, 1.54) is 0 Å². The predicted octanol–water partition coefficient (Wildman–Crippen LogP) is -1.49. The molecule has 0 aromatic heterocycles. The zero-order chi connectivity index (χ0) is 7.15. The molecule has 0 heterocycles. The minimum atomic E-state index is -1.75. The van der Waals surface area contributed by atoms with Gasteiger partial charge in [0.15, 0.2) is 0 Å². The summed E-state index contributed by atoms with van der Waals surface area (Å²) in [6, 6.07) is 0. The van der Waals surface area contributed by atoms with E-state index in [4.69, 9.17) is 25.2 Å². The molecule has 6 nitrogen and oxygen atoms in total. The van der Waals surface area contributed by atoms with Gasteiger partial charge >= 0.3 is 34.1 Å². The molecule has 0 rings (SSSR count). The number of rotatable bonds is 0. The monoisotopic (exact) mass is 231 g/mol. The summed E-state index contributed by atoms with van der Waals surface area (Å²) in [5, 5.41) is 23.6. The molecule has 0 aromatic rings. The van der Waals surface area contributed by atoms with Gasteiger partial charge in [0.2, 0.25) is 0 Å². The first kappa shape index (κ1) is 22.6. The van der Waals surface area contributed by atoms with Crippen molar-refractivity contribution in [1.82, 2.24) is 0 Å². The minimum Gasteiger partial charge on any atom is -0.550 e. The van der Waals surface area contributed by atoms with Crippen LogP contribution in [-0.2, 0) is 38.9 Å². The number of hydrogen-bond acceptors (Lipinski definition) is 5. The van der Waals surface area contributed by atoms with Crippen molar-refractivity contribution in [2.75, 3.05) is 0 Å². The van der Waals surface area contributed by atoms with Gasteiger partial charge < -0.3 is 25.2 Å². The van der Waals surface area contributed by atoms with Crippen LogP contribution in [0.4, 0.5) is 0 Å². The Morgan fingerprint density at radius 1 is 1.30 bits per heavy atom. The van der Waals surface area contributed by atoms with Gasteiger partial charge in [-0.2, -0.15) is 0 Å². The van der Waals surface area contributed by atoms with E-state index in [0.29, 0.717) is 0 Å². The Labute approximate surface area is 77.7 Å². The van der Waals surface area contributed by atoms with Gasteiger partial charge in [-0.3, -0.25) is 0 Å². The Morgan fingerprint density at radius 3 is 1.30 bits per heavy atom. The summed E-state index contributed by atoms with van der Waals surface area (Å²) in [7, 11) is 0. The van der Waals surface area contributed by atoms with Gasteiger partial charge in [0.1, 0.15) is 0 Å². The van der Waals surface area contributed by atoms with Crippen molar-refractivity contribution in [1.29, 1.82) is 0 Å². The smallest absolute Gasteiger partial charge is 0.550 e. The fourth-order valence-electron chi connectivity index (χ4n) is 0. The number of carboxylic acids is 1. The van der Waals surface area contributed by atoms with Crippen LogP contribution in [-0.4, -0.2) is 11.1 Å². The Hall–Kier alpha value is -0.291. The molecule has 0 aliphatic carbocycles. The quantitative estimate of drug-likeness (QED) is 0.287. The first-order valence-electron chi connectivity index (χ1n) is 1.46. The number of carbonyl (C=O) groups is 1. The number of hydrogen-bond donors (Lipinski definition) is 0. The van der Waals surface area contributed by atoms with Crippen LogP contribution in [0.3, 0.4) is 0 Å². The molecule has 0 aliphatic heterocycles. The third-order valence-electron chi connectivity index (χ3n) is 0. The predicted molar refractivity (Wildman–Crippen MR) is 21.0 cm³/mol. The molecule has 2 radical (unpaired) electrons. The van der Waals surface area contributed by atoms with Gasteiger partial charge in [-0.1, -0.05) is 0 Å². The maximum absolute atomic E-state index is 8.89. The maximum Gasteiger partial charge on any atom is 2.00 e. The van der Waals surface area contributed by atoms with Crippen molar-refractivity contribution >= 4 is 5.97 Å². The van der Waals surface area contributed by atoms with E-state index in [2.05, 4.69) is 0 Å². The number of nitrogens with zero attached hydrogens (tertiary/aromatic N) is 1. The Balaban J connectivity index is -0.0000000300. The summed E-state index contributed by atoms with van der Waals surface area (Å²) in [6.45, 7) is 0.972. The van der Waals surface area contributed by atoms with Crippen LogP contribution < -0.4 is 5.11 Å². The maximum atomic E-state index is 8.89. The molecule has 0 aliphatic rings. The second kappa shape index (κ2) is 15.9. The average Bonchev–Trinajstić information content (AvgIpc) is 1.25. The van der Waals surface area contributed by atoms with Crippen molar-refractivity contribution in [2.45, 2.75) is 6.92 Å². The van der Waals surface area contributed by atoms with E-state index in [9.17, 15) is 0 Å². The van der Waals surface area contributed by atoms with Crippen molar-refractivity contribution < 1.29 is 49.1 Å². The van der Waals surface area contributed by atoms with Gasteiger partial charge in [-0.15, -0.1) is 0 Å². The first-order valence-corrected chi connectivity index (χ1v) is 1.46. The van der Waals surface area contributed by atoms with E-state index >= 15 is 0 Å². The molecule has 0 bridgehead atoms. The first-order chi connectivity index (χ1) is 3.46. The van der Waals surface area contributed by atoms with Gasteiger partial charge in [-0.25, -0.2) is 0 Å². The topological polar surface area (TPSA) is 106 Å². The van der Waals surface area contributed by atoms with Gasteiger partial charge in [0, 0.05) is 5.97 Å². The third kappa shape index (κ3) is 4100. The van der Waals surface area contributed by atoms with Crippen LogP contribution in [0.15, 0.2) is 0 Å². The molecule has 0 amide bonds. The molecule has 0 N–H and O–H groups in total. The standard InChI is InChI=1S/C2H4O2.2Mn.NO3/c1-2(3)4;;;2-1(3)4/h1H3,(H,3,4);;;/q;2*+2;-1/p-1. The van der Waals surface area contributed by atoms with Crippen LogP contribution in [0, 0.1) is 15.3 Å². The molecule has 8 heteroatoms. The zero-order valence-electron chi connectivity index (χ0n) is 4.74. The number of carboxylic acid groups (broad SMARTS) is 1. The Morgan fingerprint density at radius 2 is 1.30 bits per heavy atom. The van der Waals surface area contributed by atoms with E-state index in [1.807, 2.05) is 0 Å². The number of carbonyl (C=O) groups excluding carboxylic acids is 1. The molecule has 0 fully saturated rings. The zero-order valence-corrected chi connectivity index (χ0v) is 7.11. The molecular weight excluding hydrogens is 228 g/mol. The second-order valence-corrected chi connectivity index (χ2v) is 0.715. The van der Waals surface area contributed by atoms with Crippen LogP contribution in [0.2, 0.25) is 0 Å². The van der Waals surface area contributed by atoms with Crippen molar-refractivity contribution in [2.24, 2.45) is 0 Å². The van der Waals surface area contributed by atoms with Crippen LogP contribution >= 0.6 is 0 Å². The average molecular weight is 231 g/mol. The van der Waals surface area contributed by atoms with E-state index in [-0.39, 0.29) is 34.1 Å². The fourth-order valence-corrected chi connectivity index (χ4v) is 0. The van der Waals surface area contributed by atoms with E-state index in [0.717, 1.165) is 6.92 Å². The summed E-state index contributed by atoms with van der Waals surface area (Å²) in [5.41, 5.74) is 0. The van der Waals surface area contributed by atoms with E-state index < -0.39 is 11.1 Å². The molecule has 58 valence electrons. The van der Waals surface area contributed by atoms with Crippen LogP contribution in [0.1, 0.15) is 6.92 Å². The molecule has 0 unspecified atom stereocenters. The molecule has 0 saturated heterocycles. The third-order valence-corrected chi connectivity index (χ3v) is 0. The molecule has 10 heavy (non-hydrogen) atoms.